The molecule has 0 N–H and O–H groups in total. The lowest BCUT2D eigenvalue weighted by Gasteiger charge is -2.42. The number of hydrogen-bond acceptors (Lipinski definition) is 6. The first-order valence-electron chi connectivity index (χ1n) is 9.41. The van der Waals surface area contributed by atoms with Gasteiger partial charge in [0.05, 0.1) is 12.2 Å². The van der Waals surface area contributed by atoms with Crippen LogP contribution in [0.5, 0.6) is 0 Å². The molecular weight excluding hydrogens is 430 g/mol. The van der Waals surface area contributed by atoms with Crippen LogP contribution in [0.1, 0.15) is 18.2 Å². The molecule has 0 spiro atoms. The summed E-state index contributed by atoms with van der Waals surface area (Å²) in [7, 11) is 1.90. The highest BCUT2D eigenvalue weighted by atomic mass is 19.4. The minimum absolute atomic E-state index is 0.00181. The van der Waals surface area contributed by atoms with Crippen LogP contribution >= 0.6 is 0 Å². The predicted molar refractivity (Wildman–Crippen MR) is 95.3 cm³/mol. The lowest BCUT2D eigenvalue weighted by Crippen LogP contribution is -2.56. The number of anilines is 1. The van der Waals surface area contributed by atoms with Crippen molar-refractivity contribution in [2.75, 3.05) is 31.6 Å². The maximum Gasteiger partial charge on any atom is 0.435 e. The molecule has 0 radical (unpaired) electrons. The van der Waals surface area contributed by atoms with Gasteiger partial charge in [-0.25, -0.2) is 14.5 Å². The van der Waals surface area contributed by atoms with E-state index in [1.54, 1.807) is 4.68 Å². The van der Waals surface area contributed by atoms with Gasteiger partial charge in [0, 0.05) is 31.4 Å². The molecule has 2 saturated heterocycles. The van der Waals surface area contributed by atoms with Crippen molar-refractivity contribution < 1.29 is 26.3 Å². The van der Waals surface area contributed by atoms with E-state index in [-0.39, 0.29) is 36.0 Å². The Morgan fingerprint density at radius 2 is 1.81 bits per heavy atom. The molecule has 0 amide bonds. The second-order valence-corrected chi connectivity index (χ2v) is 7.75. The quantitative estimate of drug-likeness (QED) is 0.577. The molecule has 166 valence electrons. The van der Waals surface area contributed by atoms with Crippen LogP contribution in [0, 0.1) is 0 Å². The van der Waals surface area contributed by atoms with Crippen LogP contribution in [0.15, 0.2) is 18.7 Å². The lowest BCUT2D eigenvalue weighted by molar-refractivity contribution is -0.160. The van der Waals surface area contributed by atoms with Crippen molar-refractivity contribution in [3.63, 3.8) is 0 Å². The molecule has 5 heterocycles. The van der Waals surface area contributed by atoms with E-state index >= 15 is 0 Å². The van der Waals surface area contributed by atoms with Gasteiger partial charge in [-0.3, -0.25) is 4.68 Å². The molecule has 0 aliphatic carbocycles. The number of alkyl halides is 6. The highest BCUT2D eigenvalue weighted by Gasteiger charge is 2.50. The largest absolute Gasteiger partial charge is 0.435 e. The van der Waals surface area contributed by atoms with Crippen molar-refractivity contribution in [3.05, 3.63) is 24.4 Å². The standard InChI is InChI=1S/C17H16F6N8/c1-28-6-10(7-28)30-5-9(4-25-30)12-13(17(21,22)23)31-14(24-8-26-31)15(27-12)29-3-2-11(29)16(18,19)20/h4-5,8,10-11H,2-3,6-7H2,1H3/t11-/m1/s1. The second kappa shape index (κ2) is 6.55. The third-order valence-corrected chi connectivity index (χ3v) is 5.63. The highest BCUT2D eigenvalue weighted by Crippen LogP contribution is 2.42. The lowest BCUT2D eigenvalue weighted by atomic mass is 10.0. The van der Waals surface area contributed by atoms with Crippen LogP contribution in [0.3, 0.4) is 0 Å². The van der Waals surface area contributed by atoms with Gasteiger partial charge in [-0.05, 0) is 13.5 Å². The van der Waals surface area contributed by atoms with Crippen LogP contribution in [0.2, 0.25) is 0 Å². The normalized spacial score (nSPS) is 20.9. The average molecular weight is 446 g/mol. The zero-order chi connectivity index (χ0) is 22.1. The summed E-state index contributed by atoms with van der Waals surface area (Å²) in [4.78, 5) is 10.7. The third-order valence-electron chi connectivity index (χ3n) is 5.63. The van der Waals surface area contributed by atoms with E-state index in [1.807, 2.05) is 11.9 Å². The number of hydrogen-bond donors (Lipinski definition) is 0. The summed E-state index contributed by atoms with van der Waals surface area (Å²) in [5.41, 5.74) is -2.08. The molecule has 31 heavy (non-hydrogen) atoms. The van der Waals surface area contributed by atoms with E-state index in [2.05, 4.69) is 20.2 Å². The van der Waals surface area contributed by atoms with Crippen LogP contribution in [-0.4, -0.2) is 73.2 Å². The first-order chi connectivity index (χ1) is 14.5. The Hall–Kier alpha value is -2.90. The SMILES string of the molecule is CN1CC(n2cc(-c3nc(N4CC[C@@H]4C(F)(F)F)c4ncnn4c3C(F)(F)F)cn2)C1. The summed E-state index contributed by atoms with van der Waals surface area (Å²) in [6, 6.07) is -1.83. The molecule has 1 atom stereocenters. The van der Waals surface area contributed by atoms with Gasteiger partial charge < -0.3 is 9.80 Å². The molecule has 2 aliphatic rings. The minimum Gasteiger partial charge on any atom is -0.341 e. The van der Waals surface area contributed by atoms with E-state index in [1.165, 1.54) is 12.4 Å². The van der Waals surface area contributed by atoms with Crippen molar-refractivity contribution in [3.8, 4) is 11.3 Å². The van der Waals surface area contributed by atoms with Crippen LogP contribution < -0.4 is 4.90 Å². The maximum absolute atomic E-state index is 14.0. The van der Waals surface area contributed by atoms with Crippen LogP contribution in [0.4, 0.5) is 32.2 Å². The first kappa shape index (κ1) is 20.0. The van der Waals surface area contributed by atoms with Crippen molar-refractivity contribution >= 4 is 11.5 Å². The summed E-state index contributed by atoms with van der Waals surface area (Å²) < 4.78 is 83.9. The molecular formula is C17H16F6N8. The maximum atomic E-state index is 14.0. The monoisotopic (exact) mass is 446 g/mol. The molecule has 0 aromatic carbocycles. The summed E-state index contributed by atoms with van der Waals surface area (Å²) in [5.74, 6) is -0.287. The molecule has 14 heteroatoms. The van der Waals surface area contributed by atoms with Gasteiger partial charge >= 0.3 is 12.4 Å². The van der Waals surface area contributed by atoms with Crippen molar-refractivity contribution in [1.82, 2.24) is 34.3 Å². The smallest absolute Gasteiger partial charge is 0.341 e. The fraction of sp³-hybridized carbons (Fsp3) is 0.529. The summed E-state index contributed by atoms with van der Waals surface area (Å²) in [6.45, 7) is 1.38. The molecule has 8 nitrogen and oxygen atoms in total. The van der Waals surface area contributed by atoms with Crippen molar-refractivity contribution in [2.45, 2.75) is 30.9 Å². The highest BCUT2D eigenvalue weighted by molar-refractivity contribution is 5.73. The number of aromatic nitrogens is 6. The number of fused-ring (bicyclic) bond motifs is 1. The fourth-order valence-electron chi connectivity index (χ4n) is 3.99. The van der Waals surface area contributed by atoms with E-state index < -0.39 is 29.8 Å². The Balaban J connectivity index is 1.66. The average Bonchev–Trinajstić information content (AvgIpc) is 3.24. The molecule has 3 aromatic heterocycles. The summed E-state index contributed by atoms with van der Waals surface area (Å²) in [5, 5.41) is 7.79. The van der Waals surface area contributed by atoms with Crippen LogP contribution in [0.25, 0.3) is 16.9 Å². The van der Waals surface area contributed by atoms with Gasteiger partial charge in [-0.1, -0.05) is 0 Å². The van der Waals surface area contributed by atoms with Gasteiger partial charge in [0.25, 0.3) is 0 Å². The van der Waals surface area contributed by atoms with Gasteiger partial charge in [0.2, 0.25) is 0 Å². The number of likely N-dealkylation sites (tertiary alicyclic amines) is 1. The van der Waals surface area contributed by atoms with Crippen molar-refractivity contribution in [2.24, 2.45) is 0 Å². The van der Waals surface area contributed by atoms with E-state index in [0.717, 1.165) is 11.2 Å². The Labute approximate surface area is 171 Å². The Morgan fingerprint density at radius 3 is 2.39 bits per heavy atom. The molecule has 0 saturated carbocycles. The fourth-order valence-corrected chi connectivity index (χ4v) is 3.99. The molecule has 0 bridgehead atoms. The predicted octanol–water partition coefficient (Wildman–Crippen LogP) is 2.63. The molecule has 0 unspecified atom stereocenters. The van der Waals surface area contributed by atoms with E-state index in [4.69, 9.17) is 0 Å². The third kappa shape index (κ3) is 3.20. The molecule has 2 aliphatic heterocycles. The Kier molecular flexibility index (Phi) is 4.23. The second-order valence-electron chi connectivity index (χ2n) is 7.75. The number of halogens is 6. The zero-order valence-electron chi connectivity index (χ0n) is 16.1. The first-order valence-corrected chi connectivity index (χ1v) is 9.41. The van der Waals surface area contributed by atoms with Gasteiger partial charge in [0.1, 0.15) is 18.1 Å². The Bertz CT molecular complexity index is 1130. The van der Waals surface area contributed by atoms with Gasteiger partial charge in [-0.15, -0.1) is 0 Å². The number of nitrogens with zero attached hydrogens (tertiary/aromatic N) is 8. The topological polar surface area (TPSA) is 67.4 Å². The van der Waals surface area contributed by atoms with Gasteiger partial charge in [-0.2, -0.15) is 36.5 Å². The van der Waals surface area contributed by atoms with Crippen molar-refractivity contribution in [1.29, 1.82) is 0 Å². The summed E-state index contributed by atoms with van der Waals surface area (Å²) >= 11 is 0. The van der Waals surface area contributed by atoms with Gasteiger partial charge in [0.15, 0.2) is 17.2 Å². The summed E-state index contributed by atoms with van der Waals surface area (Å²) in [6.07, 6.45) is -6.05. The van der Waals surface area contributed by atoms with E-state index in [9.17, 15) is 26.3 Å². The molecule has 5 rings (SSSR count). The number of likely N-dealkylation sites (N-methyl/N-ethyl adjacent to an activating group) is 1. The van der Waals surface area contributed by atoms with E-state index in [0.29, 0.717) is 17.6 Å². The Morgan fingerprint density at radius 1 is 1.06 bits per heavy atom. The molecule has 2 fully saturated rings. The zero-order valence-corrected chi connectivity index (χ0v) is 16.1. The minimum atomic E-state index is -4.87. The molecule has 3 aromatic rings. The number of rotatable bonds is 3. The van der Waals surface area contributed by atoms with Crippen LogP contribution in [-0.2, 0) is 6.18 Å².